The van der Waals surface area contributed by atoms with Crippen molar-refractivity contribution in [3.8, 4) is 5.75 Å². The molecule has 0 bridgehead atoms. The minimum Gasteiger partial charge on any atom is -0.481 e. The van der Waals surface area contributed by atoms with Gasteiger partial charge in [0.1, 0.15) is 17.4 Å². The van der Waals surface area contributed by atoms with Crippen molar-refractivity contribution in [2.45, 2.75) is 13.0 Å². The highest BCUT2D eigenvalue weighted by molar-refractivity contribution is 6.09. The van der Waals surface area contributed by atoms with Gasteiger partial charge in [-0.2, -0.15) is 0 Å². The largest absolute Gasteiger partial charge is 0.481 e. The van der Waals surface area contributed by atoms with E-state index in [2.05, 4.69) is 5.32 Å². The van der Waals surface area contributed by atoms with Crippen LogP contribution < -0.4 is 10.1 Å². The fourth-order valence-electron chi connectivity index (χ4n) is 2.51. The minimum atomic E-state index is -0.877. The molecule has 1 atom stereocenters. The predicted octanol–water partition coefficient (Wildman–Crippen LogP) is 4.60. The van der Waals surface area contributed by atoms with Crippen LogP contribution in [0.4, 0.5) is 14.5 Å². The van der Waals surface area contributed by atoms with Crippen LogP contribution >= 0.6 is 0 Å². The molecular formula is C22H17F2NO3. The predicted molar refractivity (Wildman–Crippen MR) is 101 cm³/mol. The van der Waals surface area contributed by atoms with Crippen molar-refractivity contribution >= 4 is 17.4 Å². The summed E-state index contributed by atoms with van der Waals surface area (Å²) in [6, 6.07) is 17.3. The lowest BCUT2D eigenvalue weighted by molar-refractivity contribution is -0.122. The Morgan fingerprint density at radius 3 is 2.04 bits per heavy atom. The second-order valence-corrected chi connectivity index (χ2v) is 6.09. The number of ether oxygens (including phenoxy) is 1. The molecule has 6 heteroatoms. The normalized spacial score (nSPS) is 11.5. The van der Waals surface area contributed by atoms with Gasteiger partial charge in [-0.15, -0.1) is 0 Å². The third-order valence-electron chi connectivity index (χ3n) is 4.04. The monoisotopic (exact) mass is 381 g/mol. The van der Waals surface area contributed by atoms with Gasteiger partial charge in [-0.3, -0.25) is 9.59 Å². The van der Waals surface area contributed by atoms with Gasteiger partial charge < -0.3 is 10.1 Å². The number of benzene rings is 3. The van der Waals surface area contributed by atoms with Crippen LogP contribution in [0.25, 0.3) is 0 Å². The first-order valence-corrected chi connectivity index (χ1v) is 8.56. The Bertz CT molecular complexity index is 985. The van der Waals surface area contributed by atoms with E-state index >= 15 is 0 Å². The number of anilines is 1. The molecule has 28 heavy (non-hydrogen) atoms. The lowest BCUT2D eigenvalue weighted by atomic mass is 10.0. The van der Waals surface area contributed by atoms with E-state index in [1.54, 1.807) is 30.3 Å². The second kappa shape index (κ2) is 8.43. The van der Waals surface area contributed by atoms with Gasteiger partial charge in [-0.25, -0.2) is 8.78 Å². The third kappa shape index (κ3) is 4.59. The number of amides is 1. The number of para-hydroxylation sites is 1. The van der Waals surface area contributed by atoms with E-state index in [1.807, 2.05) is 0 Å². The summed E-state index contributed by atoms with van der Waals surface area (Å²) in [7, 11) is 0. The Kier molecular flexibility index (Phi) is 5.79. The second-order valence-electron chi connectivity index (χ2n) is 6.09. The number of rotatable bonds is 6. The highest BCUT2D eigenvalue weighted by Crippen LogP contribution is 2.18. The number of hydrogen-bond acceptors (Lipinski definition) is 3. The molecule has 3 rings (SSSR count). The number of hydrogen-bond donors (Lipinski definition) is 1. The molecule has 0 heterocycles. The van der Waals surface area contributed by atoms with Gasteiger partial charge in [-0.1, -0.05) is 12.1 Å². The van der Waals surface area contributed by atoms with E-state index in [0.29, 0.717) is 16.9 Å². The quantitative estimate of drug-likeness (QED) is 0.635. The summed E-state index contributed by atoms with van der Waals surface area (Å²) in [6.45, 7) is 1.54. The molecule has 142 valence electrons. The lowest BCUT2D eigenvalue weighted by Gasteiger charge is -2.15. The number of halogens is 2. The van der Waals surface area contributed by atoms with E-state index in [9.17, 15) is 18.4 Å². The Morgan fingerprint density at radius 1 is 0.857 bits per heavy atom. The molecule has 4 nitrogen and oxygen atoms in total. The molecule has 0 spiro atoms. The fourth-order valence-corrected chi connectivity index (χ4v) is 2.51. The van der Waals surface area contributed by atoms with Crippen molar-refractivity contribution in [1.82, 2.24) is 0 Å². The van der Waals surface area contributed by atoms with Crippen molar-refractivity contribution in [1.29, 1.82) is 0 Å². The number of carbonyl (C=O) groups excluding carboxylic acids is 2. The van der Waals surface area contributed by atoms with Crippen LogP contribution in [0.5, 0.6) is 5.75 Å². The van der Waals surface area contributed by atoms with Crippen LogP contribution in [0.1, 0.15) is 22.8 Å². The van der Waals surface area contributed by atoms with Gasteiger partial charge in [0.15, 0.2) is 11.9 Å². The molecule has 0 saturated heterocycles. The first kappa shape index (κ1) is 19.2. The van der Waals surface area contributed by atoms with E-state index in [1.165, 1.54) is 49.4 Å². The molecule has 0 aliphatic heterocycles. The third-order valence-corrected chi connectivity index (χ3v) is 4.04. The molecule has 0 aliphatic rings. The van der Waals surface area contributed by atoms with Crippen LogP contribution in [0.2, 0.25) is 0 Å². The summed E-state index contributed by atoms with van der Waals surface area (Å²) in [5.74, 6) is -1.32. The maximum Gasteiger partial charge on any atom is 0.265 e. The molecule has 0 aliphatic carbocycles. The standard InChI is InChI=1S/C22H17F2NO3/c1-14(22(27)25-20-5-3-2-4-19(20)24)28-18-12-8-16(9-13-18)21(26)15-6-10-17(23)11-7-15/h2-14H,1H3,(H,25,27). The Hall–Kier alpha value is -3.54. The first-order chi connectivity index (χ1) is 13.4. The molecule has 0 fully saturated rings. The molecular weight excluding hydrogens is 364 g/mol. The number of nitrogens with one attached hydrogen (secondary N) is 1. The Labute approximate surface area is 160 Å². The van der Waals surface area contributed by atoms with Crippen molar-refractivity contribution < 1.29 is 23.1 Å². The topological polar surface area (TPSA) is 55.4 Å². The van der Waals surface area contributed by atoms with Gasteiger partial charge in [0.2, 0.25) is 0 Å². The first-order valence-electron chi connectivity index (χ1n) is 8.56. The molecule has 1 unspecified atom stereocenters. The Morgan fingerprint density at radius 2 is 1.43 bits per heavy atom. The zero-order chi connectivity index (χ0) is 20.1. The highest BCUT2D eigenvalue weighted by atomic mass is 19.1. The van der Waals surface area contributed by atoms with Gasteiger partial charge in [-0.05, 0) is 67.6 Å². The number of ketones is 1. The maximum atomic E-state index is 13.6. The summed E-state index contributed by atoms with van der Waals surface area (Å²) < 4.78 is 32.1. The average Bonchev–Trinajstić information content (AvgIpc) is 2.70. The lowest BCUT2D eigenvalue weighted by Crippen LogP contribution is -2.30. The highest BCUT2D eigenvalue weighted by Gasteiger charge is 2.17. The van der Waals surface area contributed by atoms with Gasteiger partial charge in [0.25, 0.3) is 5.91 Å². The van der Waals surface area contributed by atoms with Crippen molar-refractivity contribution in [2.24, 2.45) is 0 Å². The van der Waals surface area contributed by atoms with Crippen molar-refractivity contribution in [3.63, 3.8) is 0 Å². The van der Waals surface area contributed by atoms with Crippen LogP contribution in [0.3, 0.4) is 0 Å². The summed E-state index contributed by atoms with van der Waals surface area (Å²) in [5.41, 5.74) is 0.846. The molecule has 0 radical (unpaired) electrons. The average molecular weight is 381 g/mol. The van der Waals surface area contributed by atoms with E-state index in [4.69, 9.17) is 4.74 Å². The molecule has 0 saturated carbocycles. The number of carbonyl (C=O) groups is 2. The molecule has 3 aromatic carbocycles. The summed E-state index contributed by atoms with van der Waals surface area (Å²) in [5, 5.41) is 2.46. The zero-order valence-electron chi connectivity index (χ0n) is 15.0. The van der Waals surface area contributed by atoms with Crippen LogP contribution in [-0.4, -0.2) is 17.8 Å². The summed E-state index contributed by atoms with van der Waals surface area (Å²) in [6.07, 6.45) is -0.877. The van der Waals surface area contributed by atoms with Gasteiger partial charge in [0, 0.05) is 11.1 Å². The van der Waals surface area contributed by atoms with E-state index in [-0.39, 0.29) is 11.5 Å². The minimum absolute atomic E-state index is 0.0724. The van der Waals surface area contributed by atoms with Crippen LogP contribution in [0, 0.1) is 11.6 Å². The molecule has 1 N–H and O–H groups in total. The zero-order valence-corrected chi connectivity index (χ0v) is 15.0. The molecule has 1 amide bonds. The Balaban J connectivity index is 1.63. The summed E-state index contributed by atoms with van der Waals surface area (Å²) in [4.78, 5) is 24.5. The van der Waals surface area contributed by atoms with Crippen molar-refractivity contribution in [3.05, 3.63) is 95.6 Å². The van der Waals surface area contributed by atoms with Crippen molar-refractivity contribution in [2.75, 3.05) is 5.32 Å². The van der Waals surface area contributed by atoms with Gasteiger partial charge in [0.05, 0.1) is 5.69 Å². The van der Waals surface area contributed by atoms with Gasteiger partial charge >= 0.3 is 0 Å². The van der Waals surface area contributed by atoms with E-state index < -0.39 is 23.6 Å². The molecule has 3 aromatic rings. The summed E-state index contributed by atoms with van der Waals surface area (Å²) >= 11 is 0. The van der Waals surface area contributed by atoms with Crippen LogP contribution in [-0.2, 0) is 4.79 Å². The SMILES string of the molecule is CC(Oc1ccc(C(=O)c2ccc(F)cc2)cc1)C(=O)Nc1ccccc1F. The van der Waals surface area contributed by atoms with Crippen LogP contribution in [0.15, 0.2) is 72.8 Å². The smallest absolute Gasteiger partial charge is 0.265 e. The molecule has 0 aromatic heterocycles. The maximum absolute atomic E-state index is 13.6. The van der Waals surface area contributed by atoms with E-state index in [0.717, 1.165) is 0 Å². The fraction of sp³-hybridized carbons (Fsp3) is 0.0909.